The van der Waals surface area contributed by atoms with E-state index in [4.69, 9.17) is 14.2 Å². The van der Waals surface area contributed by atoms with Crippen molar-refractivity contribution in [3.8, 4) is 17.2 Å². The minimum absolute atomic E-state index is 0.124. The molecule has 0 spiro atoms. The molecule has 76 valence electrons. The van der Waals surface area contributed by atoms with E-state index in [1.54, 1.807) is 7.11 Å². The van der Waals surface area contributed by atoms with Crippen LogP contribution in [0, 0.1) is 0 Å². The number of para-hydroxylation sites is 1. The van der Waals surface area contributed by atoms with Gasteiger partial charge in [-0.2, -0.15) is 0 Å². The number of halogens is 1. The number of alkyl halides is 1. The zero-order valence-electron chi connectivity index (χ0n) is 7.83. The van der Waals surface area contributed by atoms with E-state index < -0.39 is 0 Å². The molecule has 1 heterocycles. The van der Waals surface area contributed by atoms with Gasteiger partial charge in [-0.05, 0) is 12.1 Å². The molecule has 4 heteroatoms. The molecule has 2 rings (SSSR count). The summed E-state index contributed by atoms with van der Waals surface area (Å²) in [7, 11) is 1.63. The molecule has 0 N–H and O–H groups in total. The summed E-state index contributed by atoms with van der Waals surface area (Å²) in [6, 6.07) is 5.66. The van der Waals surface area contributed by atoms with E-state index in [1.807, 2.05) is 18.2 Å². The lowest BCUT2D eigenvalue weighted by Crippen LogP contribution is -2.30. The average molecular weight is 306 g/mol. The first kappa shape index (κ1) is 9.89. The van der Waals surface area contributed by atoms with Crippen molar-refractivity contribution >= 4 is 22.6 Å². The Morgan fingerprint density at radius 3 is 3.14 bits per heavy atom. The van der Waals surface area contributed by atoms with Gasteiger partial charge in [0.2, 0.25) is 5.75 Å². The predicted molar refractivity (Wildman–Crippen MR) is 61.8 cm³/mol. The molecule has 1 aliphatic heterocycles. The minimum atomic E-state index is 0.124. The summed E-state index contributed by atoms with van der Waals surface area (Å²) in [5.74, 6) is 2.23. The average Bonchev–Trinajstić information content (AvgIpc) is 2.27. The Hall–Kier alpha value is -0.650. The van der Waals surface area contributed by atoms with Gasteiger partial charge in [0.05, 0.1) is 7.11 Å². The van der Waals surface area contributed by atoms with Crippen molar-refractivity contribution in [3.63, 3.8) is 0 Å². The van der Waals surface area contributed by atoms with Gasteiger partial charge in [0.25, 0.3) is 0 Å². The number of ether oxygens (including phenoxy) is 3. The highest BCUT2D eigenvalue weighted by Crippen LogP contribution is 2.40. The van der Waals surface area contributed by atoms with Crippen LogP contribution in [0.2, 0.25) is 0 Å². The Labute approximate surface area is 96.5 Å². The first-order chi connectivity index (χ1) is 6.85. The third-order valence-corrected chi connectivity index (χ3v) is 3.03. The molecule has 0 bridgehead atoms. The quantitative estimate of drug-likeness (QED) is 0.620. The van der Waals surface area contributed by atoms with Crippen LogP contribution >= 0.6 is 22.6 Å². The van der Waals surface area contributed by atoms with Gasteiger partial charge in [0.15, 0.2) is 11.5 Å². The van der Waals surface area contributed by atoms with E-state index in [0.717, 1.165) is 21.7 Å². The monoisotopic (exact) mass is 306 g/mol. The molecule has 0 unspecified atom stereocenters. The van der Waals surface area contributed by atoms with Crippen molar-refractivity contribution in [1.82, 2.24) is 0 Å². The van der Waals surface area contributed by atoms with Gasteiger partial charge in [-0.1, -0.05) is 28.7 Å². The molecule has 0 aromatic heterocycles. The Morgan fingerprint density at radius 2 is 2.43 bits per heavy atom. The maximum absolute atomic E-state index is 5.75. The van der Waals surface area contributed by atoms with Crippen LogP contribution in [0.25, 0.3) is 0 Å². The van der Waals surface area contributed by atoms with E-state index in [9.17, 15) is 0 Å². The summed E-state index contributed by atoms with van der Waals surface area (Å²) in [4.78, 5) is 0. The molecule has 0 radical (unpaired) electrons. The van der Waals surface area contributed by atoms with E-state index in [-0.39, 0.29) is 6.10 Å². The first-order valence-electron chi connectivity index (χ1n) is 4.37. The molecule has 0 aliphatic carbocycles. The largest absolute Gasteiger partial charge is 0.493 e. The van der Waals surface area contributed by atoms with E-state index >= 15 is 0 Å². The molecule has 0 saturated carbocycles. The highest BCUT2D eigenvalue weighted by Gasteiger charge is 2.22. The summed E-state index contributed by atoms with van der Waals surface area (Å²) in [6.07, 6.45) is 0.124. The van der Waals surface area contributed by atoms with Crippen LogP contribution < -0.4 is 14.2 Å². The Balaban J connectivity index is 2.33. The van der Waals surface area contributed by atoms with E-state index in [2.05, 4.69) is 22.6 Å². The van der Waals surface area contributed by atoms with Crippen LogP contribution in [0.1, 0.15) is 0 Å². The number of fused-ring (bicyclic) bond motifs is 1. The number of hydrogen-bond donors (Lipinski definition) is 0. The van der Waals surface area contributed by atoms with Crippen LogP contribution in [0.3, 0.4) is 0 Å². The van der Waals surface area contributed by atoms with Gasteiger partial charge in [-0.3, -0.25) is 0 Å². The second-order valence-electron chi connectivity index (χ2n) is 2.99. The number of hydrogen-bond acceptors (Lipinski definition) is 3. The molecule has 1 atom stereocenters. The third-order valence-electron chi connectivity index (χ3n) is 2.04. The Morgan fingerprint density at radius 1 is 1.57 bits per heavy atom. The maximum Gasteiger partial charge on any atom is 0.203 e. The molecule has 0 fully saturated rings. The lowest BCUT2D eigenvalue weighted by molar-refractivity contribution is 0.105. The first-order valence-corrected chi connectivity index (χ1v) is 5.90. The van der Waals surface area contributed by atoms with Crippen molar-refractivity contribution in [2.45, 2.75) is 6.10 Å². The zero-order chi connectivity index (χ0) is 9.97. The molecule has 1 aromatic rings. The fraction of sp³-hybridized carbons (Fsp3) is 0.400. The number of benzene rings is 1. The van der Waals surface area contributed by atoms with Crippen LogP contribution in [0.15, 0.2) is 18.2 Å². The van der Waals surface area contributed by atoms with Crippen molar-refractivity contribution in [3.05, 3.63) is 18.2 Å². The lowest BCUT2D eigenvalue weighted by atomic mass is 10.2. The van der Waals surface area contributed by atoms with E-state index in [0.29, 0.717) is 6.61 Å². The highest BCUT2D eigenvalue weighted by atomic mass is 127. The standard InChI is InChI=1S/C10H11IO3/c1-12-8-3-2-4-9-10(8)14-7(5-11)6-13-9/h2-4,7H,5-6H2,1H3/t7-/m0/s1. The summed E-state index contributed by atoms with van der Waals surface area (Å²) < 4.78 is 17.4. The smallest absolute Gasteiger partial charge is 0.203 e. The van der Waals surface area contributed by atoms with Crippen molar-refractivity contribution in [2.75, 3.05) is 18.1 Å². The van der Waals surface area contributed by atoms with Crippen molar-refractivity contribution in [1.29, 1.82) is 0 Å². The van der Waals surface area contributed by atoms with E-state index in [1.165, 1.54) is 0 Å². The maximum atomic E-state index is 5.75. The molecule has 3 nitrogen and oxygen atoms in total. The van der Waals surface area contributed by atoms with Gasteiger partial charge in [-0.15, -0.1) is 0 Å². The fourth-order valence-electron chi connectivity index (χ4n) is 1.35. The summed E-state index contributed by atoms with van der Waals surface area (Å²) in [5, 5.41) is 0. The fourth-order valence-corrected chi connectivity index (χ4v) is 1.78. The van der Waals surface area contributed by atoms with Gasteiger partial charge < -0.3 is 14.2 Å². The summed E-state index contributed by atoms with van der Waals surface area (Å²) >= 11 is 2.28. The molecule has 1 aliphatic rings. The predicted octanol–water partition coefficient (Wildman–Crippen LogP) is 2.27. The lowest BCUT2D eigenvalue weighted by Gasteiger charge is -2.26. The second-order valence-corrected chi connectivity index (χ2v) is 3.87. The van der Waals surface area contributed by atoms with Crippen molar-refractivity contribution in [2.24, 2.45) is 0 Å². The third kappa shape index (κ3) is 1.75. The van der Waals surface area contributed by atoms with Gasteiger partial charge in [-0.25, -0.2) is 0 Å². The number of methoxy groups -OCH3 is 1. The molecule has 0 amide bonds. The van der Waals surface area contributed by atoms with Crippen LogP contribution in [-0.4, -0.2) is 24.2 Å². The molecule has 14 heavy (non-hydrogen) atoms. The Bertz CT molecular complexity index is 313. The topological polar surface area (TPSA) is 27.7 Å². The van der Waals surface area contributed by atoms with Gasteiger partial charge in [0, 0.05) is 4.43 Å². The Kier molecular flexibility index (Phi) is 3.00. The van der Waals surface area contributed by atoms with Gasteiger partial charge >= 0.3 is 0 Å². The summed E-state index contributed by atoms with van der Waals surface area (Å²) in [5.41, 5.74) is 0. The van der Waals surface area contributed by atoms with Crippen LogP contribution in [0.4, 0.5) is 0 Å². The van der Waals surface area contributed by atoms with Crippen LogP contribution in [-0.2, 0) is 0 Å². The molecule has 0 saturated heterocycles. The highest BCUT2D eigenvalue weighted by molar-refractivity contribution is 14.1. The summed E-state index contributed by atoms with van der Waals surface area (Å²) in [6.45, 7) is 0.614. The normalized spacial score (nSPS) is 19.1. The number of rotatable bonds is 2. The van der Waals surface area contributed by atoms with Gasteiger partial charge in [0.1, 0.15) is 12.7 Å². The minimum Gasteiger partial charge on any atom is -0.493 e. The van der Waals surface area contributed by atoms with Crippen molar-refractivity contribution < 1.29 is 14.2 Å². The van der Waals surface area contributed by atoms with Crippen LogP contribution in [0.5, 0.6) is 17.2 Å². The molecule has 1 aromatic carbocycles. The zero-order valence-corrected chi connectivity index (χ0v) is 9.98. The SMILES string of the molecule is COc1cccc2c1O[C@@H](CI)CO2. The molecular weight excluding hydrogens is 295 g/mol. The molecular formula is C10H11IO3. The second kappa shape index (κ2) is 4.25.